The van der Waals surface area contributed by atoms with Crippen LogP contribution in [0.15, 0.2) is 24.3 Å². The minimum atomic E-state index is -2.28. The lowest BCUT2D eigenvalue weighted by atomic mass is 9.87. The number of rotatable bonds is 5. The third-order valence-corrected chi connectivity index (χ3v) is 2.93. The topological polar surface area (TPSA) is 49.7 Å². The van der Waals surface area contributed by atoms with E-state index in [1.54, 1.807) is 0 Å². The molecule has 0 saturated carbocycles. The molecule has 0 heterocycles. The quantitative estimate of drug-likeness (QED) is 0.802. The smallest absolute Gasteiger partial charge is 0.327 e. The van der Waals surface area contributed by atoms with Crippen LogP contribution in [0.1, 0.15) is 19.4 Å². The number of benzene rings is 1. The largest absolute Gasteiger partial charge is 0.328 e. The van der Waals surface area contributed by atoms with Crippen LogP contribution in [-0.4, -0.2) is 16.4 Å². The Morgan fingerprint density at radius 2 is 1.94 bits per heavy atom. The molecule has 0 radical (unpaired) electrons. The molecule has 1 aromatic rings. The van der Waals surface area contributed by atoms with Crippen LogP contribution in [0.5, 0.6) is 0 Å². The van der Waals surface area contributed by atoms with Crippen LogP contribution in [0.2, 0.25) is 5.02 Å². The zero-order chi connectivity index (χ0) is 12.2. The predicted octanol–water partition coefficient (Wildman–Crippen LogP) is 3.14. The van der Waals surface area contributed by atoms with Crippen molar-refractivity contribution in [2.45, 2.75) is 20.3 Å². The summed E-state index contributed by atoms with van der Waals surface area (Å²) in [4.78, 5) is 17.4. The molecule has 2 N–H and O–H groups in total. The Hall–Kier alpha value is -0.180. The molecule has 0 bridgehead atoms. The van der Waals surface area contributed by atoms with Crippen molar-refractivity contribution < 1.29 is 14.3 Å². The summed E-state index contributed by atoms with van der Waals surface area (Å²) in [6.45, 7) is 4.28. The first kappa shape index (κ1) is 13.9. The number of hydrogen-bond donors (Lipinski definition) is 2. The fourth-order valence-electron chi connectivity index (χ4n) is 1.44. The second kappa shape index (κ2) is 5.95. The summed E-state index contributed by atoms with van der Waals surface area (Å²) in [5.74, 6) is 0. The lowest BCUT2D eigenvalue weighted by Crippen LogP contribution is -2.21. The van der Waals surface area contributed by atoms with Gasteiger partial charge in [0.25, 0.3) is 0 Å². The van der Waals surface area contributed by atoms with Gasteiger partial charge in [-0.1, -0.05) is 43.6 Å². The highest BCUT2D eigenvalue weighted by Crippen LogP contribution is 2.32. The van der Waals surface area contributed by atoms with E-state index in [0.717, 1.165) is 17.0 Å². The maximum Gasteiger partial charge on any atom is 0.327 e. The Bertz CT molecular complexity index is 342. The molecule has 16 heavy (non-hydrogen) atoms. The van der Waals surface area contributed by atoms with Crippen LogP contribution in [0, 0.1) is 5.41 Å². The molecule has 0 aliphatic rings. The monoisotopic (exact) mass is 262 g/mol. The Morgan fingerprint density at radius 1 is 1.31 bits per heavy atom. The highest BCUT2D eigenvalue weighted by Gasteiger charge is 2.21. The van der Waals surface area contributed by atoms with Crippen LogP contribution in [0.25, 0.3) is 0 Å². The molecular weight excluding hydrogens is 247 g/mol. The number of hydrogen-bond acceptors (Lipinski definition) is 3. The van der Waals surface area contributed by atoms with Gasteiger partial charge in [0.05, 0.1) is 6.61 Å². The van der Waals surface area contributed by atoms with E-state index >= 15 is 0 Å². The van der Waals surface area contributed by atoms with Gasteiger partial charge in [-0.2, -0.15) is 0 Å². The lowest BCUT2D eigenvalue weighted by molar-refractivity contribution is 0.158. The minimum Gasteiger partial charge on any atom is -0.328 e. The van der Waals surface area contributed by atoms with Crippen molar-refractivity contribution in [3.8, 4) is 0 Å². The maximum atomic E-state index is 8.71. The molecule has 5 heteroatoms. The molecule has 0 saturated heterocycles. The van der Waals surface area contributed by atoms with Gasteiger partial charge in [0, 0.05) is 5.02 Å². The summed E-state index contributed by atoms with van der Waals surface area (Å²) in [7, 11) is -2.28. The van der Waals surface area contributed by atoms with Gasteiger partial charge in [-0.3, -0.25) is 0 Å². The first-order valence-electron chi connectivity index (χ1n) is 4.95. The van der Waals surface area contributed by atoms with Gasteiger partial charge in [-0.15, -0.1) is 0 Å². The van der Waals surface area contributed by atoms with E-state index < -0.39 is 8.60 Å². The van der Waals surface area contributed by atoms with E-state index in [9.17, 15) is 0 Å². The Kier molecular flexibility index (Phi) is 5.16. The van der Waals surface area contributed by atoms with Gasteiger partial charge in [0.2, 0.25) is 0 Å². The highest BCUT2D eigenvalue weighted by molar-refractivity contribution is 7.39. The Balaban J connectivity index is 2.62. The molecule has 0 atom stereocenters. The third-order valence-electron chi connectivity index (χ3n) is 2.20. The average Bonchev–Trinajstić information content (AvgIpc) is 2.19. The summed E-state index contributed by atoms with van der Waals surface area (Å²) < 4.78 is 4.85. The van der Waals surface area contributed by atoms with Crippen molar-refractivity contribution in [1.29, 1.82) is 0 Å². The van der Waals surface area contributed by atoms with E-state index in [1.165, 1.54) is 0 Å². The van der Waals surface area contributed by atoms with Crippen LogP contribution >= 0.6 is 20.2 Å². The van der Waals surface area contributed by atoms with Crippen molar-refractivity contribution in [1.82, 2.24) is 0 Å². The van der Waals surface area contributed by atoms with Gasteiger partial charge in [0.1, 0.15) is 0 Å². The van der Waals surface area contributed by atoms with Gasteiger partial charge in [0.15, 0.2) is 0 Å². The van der Waals surface area contributed by atoms with E-state index in [0.29, 0.717) is 0 Å². The second-order valence-corrected chi connectivity index (χ2v) is 5.63. The molecule has 0 spiro atoms. The Morgan fingerprint density at radius 3 is 2.50 bits per heavy atom. The zero-order valence-corrected chi connectivity index (χ0v) is 11.0. The summed E-state index contributed by atoms with van der Waals surface area (Å²) in [6.07, 6.45) is 0.732. The minimum absolute atomic E-state index is 0.183. The molecule has 0 fully saturated rings. The molecule has 1 rings (SSSR count). The van der Waals surface area contributed by atoms with E-state index in [1.807, 2.05) is 38.1 Å². The molecule has 3 nitrogen and oxygen atoms in total. The third kappa shape index (κ3) is 4.77. The van der Waals surface area contributed by atoms with Gasteiger partial charge < -0.3 is 14.3 Å². The number of halogens is 1. The van der Waals surface area contributed by atoms with Crippen molar-refractivity contribution in [3.63, 3.8) is 0 Å². The maximum absolute atomic E-state index is 8.71. The second-order valence-electron chi connectivity index (χ2n) is 4.46. The van der Waals surface area contributed by atoms with Gasteiger partial charge in [-0.25, -0.2) is 0 Å². The fraction of sp³-hybridized carbons (Fsp3) is 0.455. The van der Waals surface area contributed by atoms with Crippen molar-refractivity contribution in [2.24, 2.45) is 5.41 Å². The molecule has 0 unspecified atom stereocenters. The molecule has 0 aliphatic carbocycles. The van der Waals surface area contributed by atoms with Crippen LogP contribution < -0.4 is 0 Å². The summed E-state index contributed by atoms with van der Waals surface area (Å²) in [5.41, 5.74) is 0.856. The van der Waals surface area contributed by atoms with Crippen molar-refractivity contribution >= 4 is 20.2 Å². The van der Waals surface area contributed by atoms with Crippen molar-refractivity contribution in [3.05, 3.63) is 34.9 Å². The molecule has 1 aromatic carbocycles. The van der Waals surface area contributed by atoms with Crippen LogP contribution in [-0.2, 0) is 10.9 Å². The first-order valence-corrected chi connectivity index (χ1v) is 6.49. The Labute approximate surface area is 102 Å². The fourth-order valence-corrected chi connectivity index (χ4v) is 2.11. The first-order chi connectivity index (χ1) is 7.41. The zero-order valence-electron chi connectivity index (χ0n) is 9.35. The average molecular weight is 263 g/mol. The molecular formula is C11H16ClO3P. The van der Waals surface area contributed by atoms with Crippen LogP contribution in [0.4, 0.5) is 0 Å². The van der Waals surface area contributed by atoms with Crippen molar-refractivity contribution in [2.75, 3.05) is 6.61 Å². The normalized spacial score (nSPS) is 12.1. The van der Waals surface area contributed by atoms with E-state index in [2.05, 4.69) is 0 Å². The molecule has 0 aliphatic heterocycles. The standard InChI is InChI=1S/C11H16ClO3P/c1-11(2,8-15-16(13)14)7-9-5-3-4-6-10(9)12/h3-6,13-14H,7-8H2,1-2H3. The molecule has 0 amide bonds. The van der Waals surface area contributed by atoms with E-state index in [-0.39, 0.29) is 12.0 Å². The van der Waals surface area contributed by atoms with E-state index in [4.69, 9.17) is 25.9 Å². The SMILES string of the molecule is CC(C)(COP(O)O)Cc1ccccc1Cl. The highest BCUT2D eigenvalue weighted by atomic mass is 35.5. The summed E-state index contributed by atoms with van der Waals surface area (Å²) in [6, 6.07) is 7.63. The summed E-state index contributed by atoms with van der Waals surface area (Å²) >= 11 is 6.06. The summed E-state index contributed by atoms with van der Waals surface area (Å²) in [5, 5.41) is 0.728. The van der Waals surface area contributed by atoms with Gasteiger partial charge in [-0.05, 0) is 23.5 Å². The van der Waals surface area contributed by atoms with Gasteiger partial charge >= 0.3 is 8.60 Å². The van der Waals surface area contributed by atoms with Crippen LogP contribution in [0.3, 0.4) is 0 Å². The lowest BCUT2D eigenvalue weighted by Gasteiger charge is -2.24. The molecule has 0 aromatic heterocycles. The molecule has 90 valence electrons. The predicted molar refractivity (Wildman–Crippen MR) is 66.2 cm³/mol.